The van der Waals surface area contributed by atoms with E-state index in [1.807, 2.05) is 48.5 Å². The number of fused-ring (bicyclic) bond motifs is 1. The van der Waals surface area contributed by atoms with E-state index in [2.05, 4.69) is 16.2 Å². The lowest BCUT2D eigenvalue weighted by atomic mass is 10.0. The first-order valence-electron chi connectivity index (χ1n) is 9.79. The number of thiocarbonyl (C=S) groups is 1. The standard InChI is InChI=1S/C24H18ClN3O3S2/c1-31-17-11-12-18-19(13-17)33-21(20(18)25)23(30)26-24(32)28-27-22(29)16-9-7-15(8-10-16)14-5-3-2-4-6-14/h2-13H,1H3,(H,27,29)(H2,26,28,30,32). The summed E-state index contributed by atoms with van der Waals surface area (Å²) in [5, 5.41) is 3.55. The van der Waals surface area contributed by atoms with Gasteiger partial charge in [-0.25, -0.2) is 0 Å². The van der Waals surface area contributed by atoms with Crippen molar-refractivity contribution in [1.29, 1.82) is 0 Å². The van der Waals surface area contributed by atoms with Crippen LogP contribution < -0.4 is 20.9 Å². The number of rotatable bonds is 4. The lowest BCUT2D eigenvalue weighted by molar-refractivity contribution is 0.0935. The number of hydrogen-bond acceptors (Lipinski definition) is 5. The van der Waals surface area contributed by atoms with Crippen molar-refractivity contribution in [2.45, 2.75) is 0 Å². The summed E-state index contributed by atoms with van der Waals surface area (Å²) in [6.45, 7) is 0. The summed E-state index contributed by atoms with van der Waals surface area (Å²) in [7, 11) is 1.57. The van der Waals surface area contributed by atoms with Crippen LogP contribution in [0, 0.1) is 0 Å². The molecule has 33 heavy (non-hydrogen) atoms. The van der Waals surface area contributed by atoms with Crippen LogP contribution in [0.2, 0.25) is 5.02 Å². The second-order valence-electron chi connectivity index (χ2n) is 6.91. The summed E-state index contributed by atoms with van der Waals surface area (Å²) in [4.78, 5) is 25.4. The Hall–Kier alpha value is -3.46. The summed E-state index contributed by atoms with van der Waals surface area (Å²) in [6, 6.07) is 22.4. The Morgan fingerprint density at radius 3 is 2.30 bits per heavy atom. The van der Waals surface area contributed by atoms with E-state index in [0.717, 1.165) is 21.2 Å². The third-order valence-corrected chi connectivity index (χ3v) is 6.67. The fraction of sp³-hybridized carbons (Fsp3) is 0.0417. The second-order valence-corrected chi connectivity index (χ2v) is 8.75. The van der Waals surface area contributed by atoms with Crippen molar-refractivity contribution >= 4 is 62.2 Å². The molecule has 4 aromatic rings. The third-order valence-electron chi connectivity index (χ3n) is 4.81. The summed E-state index contributed by atoms with van der Waals surface area (Å²) >= 11 is 12.7. The largest absolute Gasteiger partial charge is 0.497 e. The van der Waals surface area contributed by atoms with Gasteiger partial charge in [0.05, 0.1) is 12.1 Å². The minimum Gasteiger partial charge on any atom is -0.497 e. The van der Waals surface area contributed by atoms with Gasteiger partial charge in [0, 0.05) is 15.6 Å². The maximum atomic E-state index is 12.6. The number of amides is 2. The number of nitrogens with one attached hydrogen (secondary N) is 3. The number of hydrogen-bond donors (Lipinski definition) is 3. The van der Waals surface area contributed by atoms with E-state index < -0.39 is 11.8 Å². The summed E-state index contributed by atoms with van der Waals surface area (Å²) in [5.74, 6) is -0.193. The number of hydrazine groups is 1. The molecule has 0 aliphatic rings. The smallest absolute Gasteiger partial charge is 0.269 e. The molecule has 2 amide bonds. The highest BCUT2D eigenvalue weighted by Gasteiger charge is 2.19. The van der Waals surface area contributed by atoms with Gasteiger partial charge in [0.15, 0.2) is 5.11 Å². The average molecular weight is 496 g/mol. The van der Waals surface area contributed by atoms with Gasteiger partial charge in [0.1, 0.15) is 10.6 Å². The van der Waals surface area contributed by atoms with Gasteiger partial charge < -0.3 is 4.74 Å². The van der Waals surface area contributed by atoms with Crippen LogP contribution in [-0.2, 0) is 0 Å². The zero-order chi connectivity index (χ0) is 23.4. The van der Waals surface area contributed by atoms with Gasteiger partial charge in [-0.3, -0.25) is 25.8 Å². The first-order chi connectivity index (χ1) is 16.0. The number of benzene rings is 3. The molecule has 0 aliphatic heterocycles. The fourth-order valence-electron chi connectivity index (χ4n) is 3.14. The van der Waals surface area contributed by atoms with E-state index in [1.54, 1.807) is 31.4 Å². The lowest BCUT2D eigenvalue weighted by Crippen LogP contribution is -2.48. The van der Waals surface area contributed by atoms with Gasteiger partial charge in [-0.1, -0.05) is 54.1 Å². The van der Waals surface area contributed by atoms with E-state index in [-0.39, 0.29) is 5.11 Å². The summed E-state index contributed by atoms with van der Waals surface area (Å²) < 4.78 is 6.02. The Morgan fingerprint density at radius 2 is 1.61 bits per heavy atom. The maximum Gasteiger partial charge on any atom is 0.269 e. The first-order valence-corrected chi connectivity index (χ1v) is 11.4. The van der Waals surface area contributed by atoms with Crippen molar-refractivity contribution in [3.05, 3.63) is 88.3 Å². The number of carbonyl (C=O) groups is 2. The molecule has 0 radical (unpaired) electrons. The van der Waals surface area contributed by atoms with Gasteiger partial charge in [0.25, 0.3) is 11.8 Å². The molecule has 6 nitrogen and oxygen atoms in total. The Morgan fingerprint density at radius 1 is 0.909 bits per heavy atom. The molecule has 0 saturated heterocycles. The Labute approximate surface area is 204 Å². The monoisotopic (exact) mass is 495 g/mol. The molecular weight excluding hydrogens is 478 g/mol. The van der Waals surface area contributed by atoms with Gasteiger partial charge in [0.2, 0.25) is 0 Å². The van der Waals surface area contributed by atoms with Crippen LogP contribution in [0.3, 0.4) is 0 Å². The molecule has 9 heteroatoms. The Bertz CT molecular complexity index is 1340. The minimum absolute atomic E-state index is 0.0552. The summed E-state index contributed by atoms with van der Waals surface area (Å²) in [6.07, 6.45) is 0. The number of carbonyl (C=O) groups excluding carboxylic acids is 2. The molecular formula is C24H18ClN3O3S2. The zero-order valence-electron chi connectivity index (χ0n) is 17.3. The Kier molecular flexibility index (Phi) is 6.88. The molecule has 0 fully saturated rings. The average Bonchev–Trinajstić information content (AvgIpc) is 3.19. The minimum atomic E-state index is -0.473. The van der Waals surface area contributed by atoms with Crippen molar-refractivity contribution < 1.29 is 14.3 Å². The molecule has 0 saturated carbocycles. The molecule has 0 unspecified atom stereocenters. The maximum absolute atomic E-state index is 12.6. The number of methoxy groups -OCH3 is 1. The second kappa shape index (κ2) is 9.99. The molecule has 1 heterocycles. The van der Waals surface area contributed by atoms with Gasteiger partial charge >= 0.3 is 0 Å². The highest BCUT2D eigenvalue weighted by Crippen LogP contribution is 2.37. The van der Waals surface area contributed by atoms with Crippen molar-refractivity contribution in [1.82, 2.24) is 16.2 Å². The number of ether oxygens (including phenoxy) is 1. The van der Waals surface area contributed by atoms with E-state index in [0.29, 0.717) is 21.2 Å². The molecule has 4 rings (SSSR count). The molecule has 0 aliphatic carbocycles. The number of thiophene rings is 1. The molecule has 3 N–H and O–H groups in total. The van der Waals surface area contributed by atoms with Crippen molar-refractivity contribution in [3.8, 4) is 16.9 Å². The van der Waals surface area contributed by atoms with Crippen LogP contribution >= 0.6 is 35.2 Å². The zero-order valence-corrected chi connectivity index (χ0v) is 19.7. The Balaban J connectivity index is 1.35. The fourth-order valence-corrected chi connectivity index (χ4v) is 4.72. The van der Waals surface area contributed by atoms with Crippen LogP contribution in [0.5, 0.6) is 5.75 Å². The molecule has 3 aromatic carbocycles. The van der Waals surface area contributed by atoms with Gasteiger partial charge in [-0.05, 0) is 53.7 Å². The van der Waals surface area contributed by atoms with Crippen molar-refractivity contribution in [3.63, 3.8) is 0 Å². The lowest BCUT2D eigenvalue weighted by Gasteiger charge is -2.11. The van der Waals surface area contributed by atoms with Crippen molar-refractivity contribution in [2.75, 3.05) is 7.11 Å². The van der Waals surface area contributed by atoms with Gasteiger partial charge in [-0.2, -0.15) is 0 Å². The van der Waals surface area contributed by atoms with Crippen LogP contribution in [0.25, 0.3) is 21.2 Å². The number of halogens is 1. The van der Waals surface area contributed by atoms with Crippen LogP contribution in [-0.4, -0.2) is 24.0 Å². The predicted molar refractivity (Wildman–Crippen MR) is 136 cm³/mol. The van der Waals surface area contributed by atoms with Crippen LogP contribution in [0.4, 0.5) is 0 Å². The molecule has 0 bridgehead atoms. The van der Waals surface area contributed by atoms with Crippen molar-refractivity contribution in [2.24, 2.45) is 0 Å². The third kappa shape index (κ3) is 5.14. The quantitative estimate of drug-likeness (QED) is 0.268. The van der Waals surface area contributed by atoms with Crippen LogP contribution in [0.15, 0.2) is 72.8 Å². The molecule has 166 valence electrons. The predicted octanol–water partition coefficient (Wildman–Crippen LogP) is 5.18. The van der Waals surface area contributed by atoms with E-state index >= 15 is 0 Å². The van der Waals surface area contributed by atoms with E-state index in [9.17, 15) is 9.59 Å². The first kappa shape index (κ1) is 22.7. The highest BCUT2D eigenvalue weighted by atomic mass is 35.5. The van der Waals surface area contributed by atoms with E-state index in [4.69, 9.17) is 28.6 Å². The highest BCUT2D eigenvalue weighted by molar-refractivity contribution is 7.80. The normalized spacial score (nSPS) is 10.5. The SMILES string of the molecule is COc1ccc2c(Cl)c(C(=O)NC(=S)NNC(=O)c3ccc(-c4ccccc4)cc3)sc2c1. The topological polar surface area (TPSA) is 79.5 Å². The van der Waals surface area contributed by atoms with E-state index in [1.165, 1.54) is 11.3 Å². The van der Waals surface area contributed by atoms with Gasteiger partial charge in [-0.15, -0.1) is 11.3 Å². The van der Waals surface area contributed by atoms with Crippen LogP contribution in [0.1, 0.15) is 20.0 Å². The molecule has 1 aromatic heterocycles. The molecule has 0 spiro atoms. The summed E-state index contributed by atoms with van der Waals surface area (Å²) in [5.41, 5.74) is 7.52. The molecule has 0 atom stereocenters.